The number of hydrogen-bond donors (Lipinski definition) is 1. The summed E-state index contributed by atoms with van der Waals surface area (Å²) in [5, 5.41) is 3.41. The van der Waals surface area contributed by atoms with Crippen LogP contribution in [0.5, 0.6) is 0 Å². The summed E-state index contributed by atoms with van der Waals surface area (Å²) < 4.78 is 1.91. The van der Waals surface area contributed by atoms with E-state index < -0.39 is 0 Å². The molecule has 3 rings (SSSR count). The summed E-state index contributed by atoms with van der Waals surface area (Å²) >= 11 is 0. The lowest BCUT2D eigenvalue weighted by molar-refractivity contribution is 0.165. The number of nitrogens with zero attached hydrogens (tertiary/aromatic N) is 4. The molecule has 7 heteroatoms. The number of nitrogens with one attached hydrogen (secondary N) is 1. The quantitative estimate of drug-likeness (QED) is 0.934. The van der Waals surface area contributed by atoms with Gasteiger partial charge in [0, 0.05) is 50.8 Å². The van der Waals surface area contributed by atoms with E-state index in [4.69, 9.17) is 0 Å². The molecule has 3 heterocycles. The van der Waals surface area contributed by atoms with Gasteiger partial charge in [-0.05, 0) is 18.6 Å². The van der Waals surface area contributed by atoms with Crippen molar-refractivity contribution >= 4 is 24.8 Å². The summed E-state index contributed by atoms with van der Waals surface area (Å²) in [5.74, 6) is 0.912. The van der Waals surface area contributed by atoms with E-state index in [1.165, 1.54) is 5.56 Å². The fourth-order valence-electron chi connectivity index (χ4n) is 2.41. The van der Waals surface area contributed by atoms with Crippen LogP contribution in [0.4, 0.5) is 0 Å². The van der Waals surface area contributed by atoms with Gasteiger partial charge < -0.3 is 5.32 Å². The Bertz CT molecular complexity index is 515. The molecule has 0 amide bonds. The molecule has 1 N–H and O–H groups in total. The SMILES string of the molecule is C[C@H]1CNCCN1Cc1ccc(-n2ccnc2)nc1.Cl.Cl. The summed E-state index contributed by atoms with van der Waals surface area (Å²) in [7, 11) is 0. The smallest absolute Gasteiger partial charge is 0.137 e. The van der Waals surface area contributed by atoms with Crippen molar-refractivity contribution in [2.24, 2.45) is 0 Å². The number of imidazole rings is 1. The van der Waals surface area contributed by atoms with E-state index in [2.05, 4.69) is 33.2 Å². The fourth-order valence-corrected chi connectivity index (χ4v) is 2.41. The normalized spacial score (nSPS) is 18.6. The molecule has 0 radical (unpaired) electrons. The molecule has 1 fully saturated rings. The Morgan fingerprint density at radius 3 is 2.81 bits per heavy atom. The predicted molar refractivity (Wildman–Crippen MR) is 88.6 cm³/mol. The summed E-state index contributed by atoms with van der Waals surface area (Å²) in [6.07, 6.45) is 7.39. The summed E-state index contributed by atoms with van der Waals surface area (Å²) in [4.78, 5) is 11.0. The third-order valence-corrected chi connectivity index (χ3v) is 3.60. The van der Waals surface area contributed by atoms with Crippen molar-refractivity contribution in [3.63, 3.8) is 0 Å². The van der Waals surface area contributed by atoms with Gasteiger partial charge >= 0.3 is 0 Å². The second-order valence-electron chi connectivity index (χ2n) is 5.02. The minimum absolute atomic E-state index is 0. The maximum Gasteiger partial charge on any atom is 0.137 e. The van der Waals surface area contributed by atoms with Crippen LogP contribution in [-0.4, -0.2) is 45.1 Å². The van der Waals surface area contributed by atoms with Gasteiger partial charge in [-0.3, -0.25) is 9.47 Å². The van der Waals surface area contributed by atoms with Crippen molar-refractivity contribution in [2.45, 2.75) is 19.5 Å². The minimum Gasteiger partial charge on any atom is -0.314 e. The van der Waals surface area contributed by atoms with E-state index in [0.717, 1.165) is 32.0 Å². The maximum absolute atomic E-state index is 4.49. The largest absolute Gasteiger partial charge is 0.314 e. The van der Waals surface area contributed by atoms with Gasteiger partial charge in [0.25, 0.3) is 0 Å². The number of rotatable bonds is 3. The molecule has 0 aliphatic carbocycles. The lowest BCUT2D eigenvalue weighted by Gasteiger charge is -2.33. The Kier molecular flexibility index (Phi) is 7.11. The van der Waals surface area contributed by atoms with Crippen molar-refractivity contribution in [1.29, 1.82) is 0 Å². The molecular weight excluding hydrogens is 309 g/mol. The Hall–Kier alpha value is -1.14. The molecule has 0 bridgehead atoms. The van der Waals surface area contributed by atoms with E-state index in [0.29, 0.717) is 6.04 Å². The van der Waals surface area contributed by atoms with E-state index in [9.17, 15) is 0 Å². The third kappa shape index (κ3) is 4.41. The average Bonchev–Trinajstić information content (AvgIpc) is 2.96. The number of pyridine rings is 1. The van der Waals surface area contributed by atoms with Gasteiger partial charge in [0.15, 0.2) is 0 Å². The van der Waals surface area contributed by atoms with Gasteiger partial charge in [-0.2, -0.15) is 0 Å². The van der Waals surface area contributed by atoms with Crippen molar-refractivity contribution in [2.75, 3.05) is 19.6 Å². The highest BCUT2D eigenvalue weighted by atomic mass is 35.5. The standard InChI is InChI=1S/C14H19N5.2ClH/c1-12-8-15-4-6-18(12)10-13-2-3-14(17-9-13)19-7-5-16-11-19;;/h2-3,5,7,9,11-12,15H,4,6,8,10H2,1H3;2*1H/t12-;;/m0../s1. The minimum atomic E-state index is 0. The summed E-state index contributed by atoms with van der Waals surface area (Å²) in [5.41, 5.74) is 1.26. The zero-order valence-corrected chi connectivity index (χ0v) is 13.6. The molecule has 2 aromatic rings. The second kappa shape index (κ2) is 8.34. The summed E-state index contributed by atoms with van der Waals surface area (Å²) in [6.45, 7) is 6.48. The predicted octanol–water partition coefficient (Wildman–Crippen LogP) is 1.90. The Balaban J connectivity index is 0.00000110. The van der Waals surface area contributed by atoms with Crippen LogP contribution in [0.15, 0.2) is 37.1 Å². The number of halogens is 2. The molecule has 5 nitrogen and oxygen atoms in total. The van der Waals surface area contributed by atoms with Crippen LogP contribution in [0.3, 0.4) is 0 Å². The van der Waals surface area contributed by atoms with E-state index in [-0.39, 0.29) is 24.8 Å². The first kappa shape index (κ1) is 17.9. The zero-order chi connectivity index (χ0) is 13.1. The van der Waals surface area contributed by atoms with Crippen LogP contribution in [0, 0.1) is 0 Å². The monoisotopic (exact) mass is 329 g/mol. The van der Waals surface area contributed by atoms with Crippen LogP contribution in [0.25, 0.3) is 5.82 Å². The van der Waals surface area contributed by atoms with Gasteiger partial charge in [0.1, 0.15) is 12.1 Å². The Morgan fingerprint density at radius 2 is 2.19 bits per heavy atom. The lowest BCUT2D eigenvalue weighted by atomic mass is 10.2. The average molecular weight is 330 g/mol. The number of piperazine rings is 1. The lowest BCUT2D eigenvalue weighted by Crippen LogP contribution is -2.49. The van der Waals surface area contributed by atoms with Crippen LogP contribution >= 0.6 is 24.8 Å². The van der Waals surface area contributed by atoms with Crippen LogP contribution in [-0.2, 0) is 6.54 Å². The van der Waals surface area contributed by atoms with Gasteiger partial charge in [0.2, 0.25) is 0 Å². The first-order chi connectivity index (χ1) is 9.33. The molecule has 0 spiro atoms. The first-order valence-corrected chi connectivity index (χ1v) is 6.71. The van der Waals surface area contributed by atoms with Crippen molar-refractivity contribution in [3.8, 4) is 5.82 Å². The number of aromatic nitrogens is 3. The third-order valence-electron chi connectivity index (χ3n) is 3.60. The van der Waals surface area contributed by atoms with Crippen LogP contribution < -0.4 is 5.32 Å². The van der Waals surface area contributed by atoms with Crippen LogP contribution in [0.1, 0.15) is 12.5 Å². The molecule has 1 aliphatic heterocycles. The van der Waals surface area contributed by atoms with Crippen molar-refractivity contribution < 1.29 is 0 Å². The maximum atomic E-state index is 4.49. The second-order valence-corrected chi connectivity index (χ2v) is 5.02. The first-order valence-electron chi connectivity index (χ1n) is 6.71. The van der Waals surface area contributed by atoms with E-state index >= 15 is 0 Å². The molecule has 1 saturated heterocycles. The molecule has 1 atom stereocenters. The molecule has 0 saturated carbocycles. The fraction of sp³-hybridized carbons (Fsp3) is 0.429. The molecule has 21 heavy (non-hydrogen) atoms. The van der Waals surface area contributed by atoms with Gasteiger partial charge in [-0.15, -0.1) is 24.8 Å². The highest BCUT2D eigenvalue weighted by molar-refractivity contribution is 5.85. The van der Waals surface area contributed by atoms with Gasteiger partial charge in [-0.25, -0.2) is 9.97 Å². The van der Waals surface area contributed by atoms with E-state index in [1.807, 2.05) is 23.0 Å². The molecular formula is C14H21Cl2N5. The highest BCUT2D eigenvalue weighted by Gasteiger charge is 2.17. The van der Waals surface area contributed by atoms with Crippen molar-refractivity contribution in [3.05, 3.63) is 42.6 Å². The number of hydrogen-bond acceptors (Lipinski definition) is 4. The Morgan fingerprint density at radius 1 is 1.33 bits per heavy atom. The molecule has 1 aliphatic rings. The van der Waals surface area contributed by atoms with E-state index in [1.54, 1.807) is 12.5 Å². The zero-order valence-electron chi connectivity index (χ0n) is 12.0. The molecule has 0 unspecified atom stereocenters. The van der Waals surface area contributed by atoms with Gasteiger partial charge in [0.05, 0.1) is 0 Å². The summed E-state index contributed by atoms with van der Waals surface area (Å²) in [6, 6.07) is 4.78. The Labute approximate surface area is 137 Å². The molecule has 116 valence electrons. The van der Waals surface area contributed by atoms with Gasteiger partial charge in [-0.1, -0.05) is 6.07 Å². The molecule has 2 aromatic heterocycles. The topological polar surface area (TPSA) is 46.0 Å². The highest BCUT2D eigenvalue weighted by Crippen LogP contribution is 2.11. The molecule has 0 aromatic carbocycles. The van der Waals surface area contributed by atoms with Crippen molar-refractivity contribution in [1.82, 2.24) is 24.8 Å². The van der Waals surface area contributed by atoms with Crippen LogP contribution in [0.2, 0.25) is 0 Å².